The van der Waals surface area contributed by atoms with E-state index in [1.807, 2.05) is 12.1 Å². The van der Waals surface area contributed by atoms with E-state index in [1.165, 1.54) is 18.2 Å². The topological polar surface area (TPSA) is 90.0 Å². The molecule has 162 valence electrons. The number of rotatable bonds is 7. The highest BCUT2D eigenvalue weighted by molar-refractivity contribution is 7.89. The number of benzene rings is 2. The van der Waals surface area contributed by atoms with Crippen molar-refractivity contribution in [2.75, 3.05) is 37.6 Å². The van der Waals surface area contributed by atoms with Crippen molar-refractivity contribution in [3.05, 3.63) is 52.5 Å². The minimum atomic E-state index is -3.71. The predicted octanol–water partition coefficient (Wildman–Crippen LogP) is 3.11. The van der Waals surface area contributed by atoms with Gasteiger partial charge in [-0.3, -0.25) is 4.79 Å². The second-order valence-corrected chi connectivity index (χ2v) is 9.54. The van der Waals surface area contributed by atoms with E-state index in [9.17, 15) is 18.3 Å². The third kappa shape index (κ3) is 5.78. The number of carbonyl (C=O) groups is 1. The number of piperazine rings is 1. The van der Waals surface area contributed by atoms with Gasteiger partial charge in [-0.1, -0.05) is 23.2 Å². The summed E-state index contributed by atoms with van der Waals surface area (Å²) >= 11 is 11.7. The molecule has 3 rings (SSSR count). The van der Waals surface area contributed by atoms with Crippen LogP contribution in [0.15, 0.2) is 47.4 Å². The molecule has 0 aromatic heterocycles. The molecular formula is C20H23Cl2N3O4S. The Balaban J connectivity index is 1.42. The first-order valence-electron chi connectivity index (χ1n) is 9.53. The smallest absolute Gasteiger partial charge is 0.240 e. The first-order valence-corrected chi connectivity index (χ1v) is 11.8. The van der Waals surface area contributed by atoms with E-state index in [0.717, 1.165) is 5.69 Å². The number of hydrogen-bond acceptors (Lipinski definition) is 5. The van der Waals surface area contributed by atoms with Crippen LogP contribution in [0.4, 0.5) is 5.69 Å². The normalized spacial score (nSPS) is 14.7. The molecule has 1 aliphatic rings. The Kier molecular flexibility index (Phi) is 7.46. The van der Waals surface area contributed by atoms with Crippen LogP contribution < -0.4 is 9.62 Å². The Bertz CT molecular complexity index is 992. The molecule has 2 N–H and O–H groups in total. The summed E-state index contributed by atoms with van der Waals surface area (Å²) in [7, 11) is -3.71. The lowest BCUT2D eigenvalue weighted by Gasteiger charge is -2.36. The number of halogens is 2. The summed E-state index contributed by atoms with van der Waals surface area (Å²) in [4.78, 5) is 16.4. The summed E-state index contributed by atoms with van der Waals surface area (Å²) in [6.07, 6.45) is 0.667. The minimum Gasteiger partial charge on any atom is -0.508 e. The Morgan fingerprint density at radius 1 is 1.00 bits per heavy atom. The Morgan fingerprint density at radius 3 is 2.30 bits per heavy atom. The number of phenolic OH excluding ortho intramolecular Hbond substituents is 1. The first kappa shape index (κ1) is 22.7. The molecule has 0 bridgehead atoms. The largest absolute Gasteiger partial charge is 0.508 e. The van der Waals surface area contributed by atoms with Crippen molar-refractivity contribution in [3.8, 4) is 5.75 Å². The van der Waals surface area contributed by atoms with E-state index in [1.54, 1.807) is 17.0 Å². The molecule has 7 nitrogen and oxygen atoms in total. The van der Waals surface area contributed by atoms with Crippen LogP contribution in [0.5, 0.6) is 5.75 Å². The van der Waals surface area contributed by atoms with Crippen LogP contribution >= 0.6 is 23.2 Å². The van der Waals surface area contributed by atoms with Crippen LogP contribution in [0.2, 0.25) is 10.0 Å². The minimum absolute atomic E-state index is 0.00842. The van der Waals surface area contributed by atoms with E-state index in [2.05, 4.69) is 9.62 Å². The standard InChI is InChI=1S/C20H23Cl2N3O4S/c21-18-8-7-17(14-19(18)22)30(28,29)23-9-1-2-20(27)25-12-10-24(11-13-25)15-3-5-16(26)6-4-15/h3-8,14,23,26H,1-2,9-13H2. The molecule has 1 heterocycles. The molecule has 0 atom stereocenters. The SMILES string of the molecule is O=C(CCCNS(=O)(=O)c1ccc(Cl)c(Cl)c1)N1CCN(c2ccc(O)cc2)CC1. The molecular weight excluding hydrogens is 449 g/mol. The van der Waals surface area contributed by atoms with Crippen molar-refractivity contribution in [3.63, 3.8) is 0 Å². The lowest BCUT2D eigenvalue weighted by molar-refractivity contribution is -0.131. The van der Waals surface area contributed by atoms with Gasteiger partial charge in [0.2, 0.25) is 15.9 Å². The molecule has 0 radical (unpaired) electrons. The molecule has 0 unspecified atom stereocenters. The zero-order valence-electron chi connectivity index (χ0n) is 16.2. The number of carbonyl (C=O) groups excluding carboxylic acids is 1. The average molecular weight is 472 g/mol. The van der Waals surface area contributed by atoms with E-state index in [4.69, 9.17) is 23.2 Å². The fourth-order valence-corrected chi connectivity index (χ4v) is 4.67. The van der Waals surface area contributed by atoms with Gasteiger partial charge in [0.15, 0.2) is 0 Å². The number of phenols is 1. The number of hydrogen-bond donors (Lipinski definition) is 2. The summed E-state index contributed by atoms with van der Waals surface area (Å²) in [5.41, 5.74) is 1.01. The molecule has 2 aromatic rings. The lowest BCUT2D eigenvalue weighted by Crippen LogP contribution is -2.48. The van der Waals surface area contributed by atoms with E-state index >= 15 is 0 Å². The van der Waals surface area contributed by atoms with Gasteiger partial charge in [-0.15, -0.1) is 0 Å². The highest BCUT2D eigenvalue weighted by Gasteiger charge is 2.21. The van der Waals surface area contributed by atoms with Gasteiger partial charge < -0.3 is 14.9 Å². The van der Waals surface area contributed by atoms with Gasteiger partial charge in [-0.2, -0.15) is 0 Å². The van der Waals surface area contributed by atoms with Crippen molar-refractivity contribution >= 4 is 44.8 Å². The van der Waals surface area contributed by atoms with Gasteiger partial charge >= 0.3 is 0 Å². The third-order valence-electron chi connectivity index (χ3n) is 4.91. The zero-order valence-corrected chi connectivity index (χ0v) is 18.6. The van der Waals surface area contributed by atoms with Crippen molar-refractivity contribution in [1.82, 2.24) is 9.62 Å². The quantitative estimate of drug-likeness (QED) is 0.605. The van der Waals surface area contributed by atoms with Gasteiger partial charge in [0.05, 0.1) is 14.9 Å². The average Bonchev–Trinajstić information content (AvgIpc) is 2.73. The fraction of sp³-hybridized carbons (Fsp3) is 0.350. The molecule has 1 saturated heterocycles. The van der Waals surface area contributed by atoms with Gasteiger partial charge in [-0.05, 0) is 48.9 Å². The second-order valence-electron chi connectivity index (χ2n) is 6.96. The van der Waals surface area contributed by atoms with Gasteiger partial charge in [0, 0.05) is 44.8 Å². The van der Waals surface area contributed by atoms with Crippen LogP contribution in [-0.4, -0.2) is 57.1 Å². The van der Waals surface area contributed by atoms with Crippen LogP contribution in [0, 0.1) is 0 Å². The van der Waals surface area contributed by atoms with E-state index in [-0.39, 0.29) is 39.6 Å². The maximum absolute atomic E-state index is 12.4. The molecule has 2 aromatic carbocycles. The summed E-state index contributed by atoms with van der Waals surface area (Å²) in [5.74, 6) is 0.233. The Morgan fingerprint density at radius 2 is 1.67 bits per heavy atom. The molecule has 30 heavy (non-hydrogen) atoms. The number of amides is 1. The van der Waals surface area contributed by atoms with Crippen LogP contribution in [-0.2, 0) is 14.8 Å². The highest BCUT2D eigenvalue weighted by Crippen LogP contribution is 2.24. The highest BCUT2D eigenvalue weighted by atomic mass is 35.5. The Hall–Kier alpha value is -2.00. The van der Waals surface area contributed by atoms with E-state index in [0.29, 0.717) is 32.6 Å². The van der Waals surface area contributed by atoms with Crippen molar-refractivity contribution < 1.29 is 18.3 Å². The Labute approximate surface area is 186 Å². The molecule has 10 heteroatoms. The molecule has 0 spiro atoms. The number of nitrogens with zero attached hydrogens (tertiary/aromatic N) is 2. The molecule has 0 aliphatic carbocycles. The number of anilines is 1. The summed E-state index contributed by atoms with van der Waals surface area (Å²) in [6, 6.07) is 11.1. The lowest BCUT2D eigenvalue weighted by atomic mass is 10.2. The van der Waals surface area contributed by atoms with Crippen molar-refractivity contribution in [1.29, 1.82) is 0 Å². The first-order chi connectivity index (χ1) is 14.3. The molecule has 0 saturated carbocycles. The molecule has 1 fully saturated rings. The number of aromatic hydroxyl groups is 1. The third-order valence-corrected chi connectivity index (χ3v) is 7.11. The maximum atomic E-state index is 12.4. The maximum Gasteiger partial charge on any atom is 0.240 e. The van der Waals surface area contributed by atoms with Gasteiger partial charge in [0.25, 0.3) is 0 Å². The van der Waals surface area contributed by atoms with Crippen LogP contribution in [0.25, 0.3) is 0 Å². The van der Waals surface area contributed by atoms with E-state index < -0.39 is 10.0 Å². The van der Waals surface area contributed by atoms with Gasteiger partial charge in [0.1, 0.15) is 5.75 Å². The molecule has 1 aliphatic heterocycles. The number of nitrogens with one attached hydrogen (secondary N) is 1. The summed E-state index contributed by atoms with van der Waals surface area (Å²) in [6.45, 7) is 2.78. The second kappa shape index (κ2) is 9.87. The number of sulfonamides is 1. The van der Waals surface area contributed by atoms with Crippen molar-refractivity contribution in [2.24, 2.45) is 0 Å². The van der Waals surface area contributed by atoms with Crippen LogP contribution in [0.3, 0.4) is 0 Å². The fourth-order valence-electron chi connectivity index (χ4n) is 3.21. The predicted molar refractivity (Wildman–Crippen MR) is 118 cm³/mol. The van der Waals surface area contributed by atoms with Crippen molar-refractivity contribution in [2.45, 2.75) is 17.7 Å². The zero-order chi connectivity index (χ0) is 21.7. The molecule has 1 amide bonds. The summed E-state index contributed by atoms with van der Waals surface area (Å²) < 4.78 is 27.1. The summed E-state index contributed by atoms with van der Waals surface area (Å²) in [5, 5.41) is 9.84. The monoisotopic (exact) mass is 471 g/mol. The van der Waals surface area contributed by atoms with Gasteiger partial charge in [-0.25, -0.2) is 13.1 Å². The van der Waals surface area contributed by atoms with Crippen LogP contribution in [0.1, 0.15) is 12.8 Å².